The summed E-state index contributed by atoms with van der Waals surface area (Å²) < 4.78 is 20.2. The minimum atomic E-state index is -0.481. The van der Waals surface area contributed by atoms with Crippen molar-refractivity contribution < 1.29 is 28.5 Å². The molecule has 0 aromatic heterocycles. The average Bonchev–Trinajstić information content (AvgIpc) is 2.77. The highest BCUT2D eigenvalue weighted by atomic mass is 16.5. The van der Waals surface area contributed by atoms with Crippen LogP contribution in [0, 0.1) is 11.3 Å². The Labute approximate surface area is 170 Å². The summed E-state index contributed by atoms with van der Waals surface area (Å²) in [5, 5.41) is 7.87. The van der Waals surface area contributed by atoms with Crippen molar-refractivity contribution in [2.75, 3.05) is 27.9 Å². The van der Waals surface area contributed by atoms with Gasteiger partial charge >= 0.3 is 5.97 Å². The summed E-state index contributed by atoms with van der Waals surface area (Å²) in [6.07, 6.45) is 4.15. The minimum absolute atomic E-state index is 0.353. The second kappa shape index (κ2) is 13.5. The Morgan fingerprint density at radius 1 is 1.03 bits per heavy atom. The van der Waals surface area contributed by atoms with Crippen LogP contribution in [0.4, 0.5) is 0 Å². The quantitative estimate of drug-likeness (QED) is 0.220. The van der Waals surface area contributed by atoms with Crippen LogP contribution in [0.2, 0.25) is 0 Å². The summed E-state index contributed by atoms with van der Waals surface area (Å²) >= 11 is 0. The molecule has 0 unspecified atom stereocenters. The monoisotopic (exact) mass is 397 g/mol. The molecule has 0 atom stereocenters. The molecular weight excluding hydrogens is 374 g/mol. The number of rotatable bonds is 8. The standard InChI is InChI=1S/C18H16O5.C4H7NO/c1-21-15-8-6-14(7-9-15)18(20)23-16-10-5-13(4-3-11-19)17(12-16)22-2;1-6-4-2-3-5/h3-12H,1-2H3;2,4H2,1H3/b4-3+;. The van der Waals surface area contributed by atoms with Gasteiger partial charge in [0.15, 0.2) is 0 Å². The molecule has 2 aromatic carbocycles. The van der Waals surface area contributed by atoms with Gasteiger partial charge < -0.3 is 18.9 Å². The van der Waals surface area contributed by atoms with Crippen LogP contribution in [0.5, 0.6) is 17.2 Å². The number of aldehydes is 1. The SMILES string of the molecule is COCCC#N.COc1ccc(C(=O)Oc2ccc(/C=C/C=O)c(OC)c2)cc1. The van der Waals surface area contributed by atoms with Crippen molar-refractivity contribution in [2.45, 2.75) is 6.42 Å². The van der Waals surface area contributed by atoms with E-state index in [1.165, 1.54) is 13.2 Å². The summed E-state index contributed by atoms with van der Waals surface area (Å²) in [7, 11) is 4.64. The third-order valence-corrected chi connectivity index (χ3v) is 3.51. The number of nitrogens with zero attached hydrogens (tertiary/aromatic N) is 1. The first-order valence-corrected chi connectivity index (χ1v) is 8.61. The van der Waals surface area contributed by atoms with Crippen molar-refractivity contribution >= 4 is 18.3 Å². The van der Waals surface area contributed by atoms with E-state index in [9.17, 15) is 9.59 Å². The molecule has 0 fully saturated rings. The van der Waals surface area contributed by atoms with Gasteiger partial charge in [0, 0.05) is 18.7 Å². The Balaban J connectivity index is 0.000000612. The zero-order valence-corrected chi connectivity index (χ0v) is 16.6. The first-order valence-electron chi connectivity index (χ1n) is 8.61. The average molecular weight is 397 g/mol. The highest BCUT2D eigenvalue weighted by molar-refractivity contribution is 5.91. The lowest BCUT2D eigenvalue weighted by Crippen LogP contribution is -2.08. The molecule has 7 nitrogen and oxygen atoms in total. The van der Waals surface area contributed by atoms with Gasteiger partial charge in [-0.15, -0.1) is 0 Å². The summed E-state index contributed by atoms with van der Waals surface area (Å²) in [4.78, 5) is 22.5. The van der Waals surface area contributed by atoms with E-state index in [2.05, 4.69) is 4.74 Å². The van der Waals surface area contributed by atoms with Crippen molar-refractivity contribution in [3.63, 3.8) is 0 Å². The number of methoxy groups -OCH3 is 3. The molecule has 0 saturated carbocycles. The van der Waals surface area contributed by atoms with Crippen molar-refractivity contribution in [2.24, 2.45) is 0 Å². The number of carbonyl (C=O) groups is 2. The normalized spacial score (nSPS) is 9.72. The molecule has 0 aliphatic carbocycles. The summed E-state index contributed by atoms with van der Waals surface area (Å²) in [5.41, 5.74) is 1.12. The summed E-state index contributed by atoms with van der Waals surface area (Å²) in [6.45, 7) is 0.552. The highest BCUT2D eigenvalue weighted by Crippen LogP contribution is 2.26. The number of hydrogen-bond donors (Lipinski definition) is 0. The molecule has 0 heterocycles. The van der Waals surface area contributed by atoms with E-state index in [0.29, 0.717) is 47.7 Å². The van der Waals surface area contributed by atoms with E-state index in [0.717, 1.165) is 0 Å². The Kier molecular flexibility index (Phi) is 10.9. The van der Waals surface area contributed by atoms with Crippen LogP contribution < -0.4 is 14.2 Å². The fraction of sp³-hybridized carbons (Fsp3) is 0.227. The minimum Gasteiger partial charge on any atom is -0.497 e. The smallest absolute Gasteiger partial charge is 0.343 e. The van der Waals surface area contributed by atoms with Crippen molar-refractivity contribution in [3.05, 3.63) is 59.7 Å². The molecular formula is C22H23NO6. The van der Waals surface area contributed by atoms with Gasteiger partial charge in [-0.05, 0) is 48.6 Å². The fourth-order valence-electron chi connectivity index (χ4n) is 2.08. The van der Waals surface area contributed by atoms with Gasteiger partial charge in [-0.2, -0.15) is 5.26 Å². The summed E-state index contributed by atoms with van der Waals surface area (Å²) in [5.74, 6) is 1.04. The second-order valence-electron chi connectivity index (χ2n) is 5.42. The number of nitriles is 1. The van der Waals surface area contributed by atoms with Gasteiger partial charge in [0.1, 0.15) is 23.5 Å². The Morgan fingerprint density at radius 2 is 1.72 bits per heavy atom. The van der Waals surface area contributed by atoms with E-state index in [1.54, 1.807) is 62.8 Å². The van der Waals surface area contributed by atoms with Crippen LogP contribution in [-0.4, -0.2) is 40.2 Å². The van der Waals surface area contributed by atoms with Gasteiger partial charge in [0.05, 0.1) is 38.9 Å². The van der Waals surface area contributed by atoms with E-state index < -0.39 is 5.97 Å². The Hall–Kier alpha value is -3.63. The maximum absolute atomic E-state index is 12.1. The number of allylic oxidation sites excluding steroid dienone is 1. The number of ether oxygens (including phenoxy) is 4. The van der Waals surface area contributed by atoms with Crippen LogP contribution in [0.25, 0.3) is 6.08 Å². The predicted molar refractivity (Wildman–Crippen MR) is 108 cm³/mol. The molecule has 0 aliphatic rings. The van der Waals surface area contributed by atoms with E-state index >= 15 is 0 Å². The van der Waals surface area contributed by atoms with Crippen molar-refractivity contribution in [1.29, 1.82) is 5.26 Å². The third kappa shape index (κ3) is 8.28. The molecule has 0 spiro atoms. The molecule has 2 aromatic rings. The molecule has 7 heteroatoms. The molecule has 0 aliphatic heterocycles. The molecule has 0 bridgehead atoms. The van der Waals surface area contributed by atoms with E-state index in [-0.39, 0.29) is 0 Å². The van der Waals surface area contributed by atoms with Crippen molar-refractivity contribution in [1.82, 2.24) is 0 Å². The number of benzene rings is 2. The van der Waals surface area contributed by atoms with Crippen molar-refractivity contribution in [3.8, 4) is 23.3 Å². The first-order chi connectivity index (χ1) is 14.1. The largest absolute Gasteiger partial charge is 0.497 e. The second-order valence-corrected chi connectivity index (χ2v) is 5.42. The van der Waals surface area contributed by atoms with E-state index in [4.69, 9.17) is 19.5 Å². The van der Waals surface area contributed by atoms with Gasteiger partial charge in [0.2, 0.25) is 0 Å². The lowest BCUT2D eigenvalue weighted by atomic mass is 10.1. The zero-order chi connectivity index (χ0) is 21.5. The van der Waals surface area contributed by atoms with Gasteiger partial charge in [0.25, 0.3) is 0 Å². The topological polar surface area (TPSA) is 94.9 Å². The maximum atomic E-state index is 12.1. The van der Waals surface area contributed by atoms with Crippen LogP contribution >= 0.6 is 0 Å². The van der Waals surface area contributed by atoms with Gasteiger partial charge in [-0.3, -0.25) is 4.79 Å². The summed E-state index contributed by atoms with van der Waals surface area (Å²) in [6, 6.07) is 13.5. The zero-order valence-electron chi connectivity index (χ0n) is 16.6. The first kappa shape index (κ1) is 23.4. The van der Waals surface area contributed by atoms with Gasteiger partial charge in [-0.1, -0.05) is 0 Å². The molecule has 152 valence electrons. The third-order valence-electron chi connectivity index (χ3n) is 3.51. The molecule has 0 amide bonds. The number of esters is 1. The fourth-order valence-corrected chi connectivity index (χ4v) is 2.08. The van der Waals surface area contributed by atoms with Crippen LogP contribution in [0.1, 0.15) is 22.3 Å². The lowest BCUT2D eigenvalue weighted by Gasteiger charge is -2.09. The van der Waals surface area contributed by atoms with E-state index in [1.807, 2.05) is 6.07 Å². The molecule has 0 saturated heterocycles. The Bertz CT molecular complexity index is 853. The van der Waals surface area contributed by atoms with Crippen LogP contribution in [0.3, 0.4) is 0 Å². The molecule has 0 N–H and O–H groups in total. The number of carbonyl (C=O) groups excluding carboxylic acids is 2. The number of hydrogen-bond acceptors (Lipinski definition) is 7. The Morgan fingerprint density at radius 3 is 2.24 bits per heavy atom. The predicted octanol–water partition coefficient (Wildman–Crippen LogP) is 3.68. The van der Waals surface area contributed by atoms with Crippen LogP contribution in [-0.2, 0) is 9.53 Å². The molecule has 0 radical (unpaired) electrons. The highest BCUT2D eigenvalue weighted by Gasteiger charge is 2.10. The lowest BCUT2D eigenvalue weighted by molar-refractivity contribution is -0.104. The molecule has 29 heavy (non-hydrogen) atoms. The maximum Gasteiger partial charge on any atom is 0.343 e. The van der Waals surface area contributed by atoms with Crippen LogP contribution in [0.15, 0.2) is 48.5 Å². The molecule has 2 rings (SSSR count). The van der Waals surface area contributed by atoms with Gasteiger partial charge in [-0.25, -0.2) is 4.79 Å².